The van der Waals surface area contributed by atoms with Crippen molar-refractivity contribution in [2.24, 2.45) is 5.92 Å². The van der Waals surface area contributed by atoms with Gasteiger partial charge in [-0.1, -0.05) is 0 Å². The maximum Gasteiger partial charge on any atom is 0.304 e. The van der Waals surface area contributed by atoms with Gasteiger partial charge in [0.2, 0.25) is 15.8 Å². The Morgan fingerprint density at radius 3 is 2.60 bits per heavy atom. The Morgan fingerprint density at radius 2 is 2.10 bits per heavy atom. The van der Waals surface area contributed by atoms with Crippen LogP contribution in [-0.2, 0) is 10.0 Å². The lowest BCUT2D eigenvalue weighted by molar-refractivity contribution is -0.387. The second-order valence-corrected chi connectivity index (χ2v) is 6.48. The molecular formula is C11H13FN2O5S. The van der Waals surface area contributed by atoms with E-state index in [2.05, 4.69) is 4.72 Å². The van der Waals surface area contributed by atoms with Crippen molar-refractivity contribution >= 4 is 15.7 Å². The molecule has 0 aliphatic heterocycles. The van der Waals surface area contributed by atoms with Gasteiger partial charge in [-0.15, -0.1) is 0 Å². The molecule has 20 heavy (non-hydrogen) atoms. The van der Waals surface area contributed by atoms with Crippen LogP contribution in [0.25, 0.3) is 0 Å². The molecule has 110 valence electrons. The van der Waals surface area contributed by atoms with Gasteiger partial charge in [-0.2, -0.15) is 4.39 Å². The Hall–Kier alpha value is -1.58. The molecule has 0 unspecified atom stereocenters. The van der Waals surface area contributed by atoms with Crippen LogP contribution < -0.4 is 4.72 Å². The molecule has 0 saturated heterocycles. The van der Waals surface area contributed by atoms with Gasteiger partial charge in [0.25, 0.3) is 0 Å². The van der Waals surface area contributed by atoms with Gasteiger partial charge < -0.3 is 5.11 Å². The van der Waals surface area contributed by atoms with Gasteiger partial charge in [-0.05, 0) is 24.8 Å². The number of nitro benzene ring substituents is 1. The highest BCUT2D eigenvalue weighted by atomic mass is 32.2. The number of sulfonamides is 1. The standard InChI is InChI=1S/C11H13FN2O5S/c12-10-5-9(1-2-11(10)14(16)17)20(18,19)13-6-7-3-8(15)4-7/h1-2,5,7-8,13,15H,3-4,6H2. The van der Waals surface area contributed by atoms with Crippen molar-refractivity contribution in [2.75, 3.05) is 6.54 Å². The number of halogens is 1. The van der Waals surface area contributed by atoms with E-state index >= 15 is 0 Å². The van der Waals surface area contributed by atoms with Crippen LogP contribution in [0.5, 0.6) is 0 Å². The maximum absolute atomic E-state index is 13.4. The van der Waals surface area contributed by atoms with Gasteiger partial charge in [0.1, 0.15) is 0 Å². The van der Waals surface area contributed by atoms with Gasteiger partial charge in [-0.25, -0.2) is 13.1 Å². The number of nitrogens with one attached hydrogen (secondary N) is 1. The molecule has 0 amide bonds. The van der Waals surface area contributed by atoms with Gasteiger partial charge in [0.15, 0.2) is 0 Å². The van der Waals surface area contributed by atoms with E-state index in [1.54, 1.807) is 0 Å². The molecule has 0 aromatic heterocycles. The van der Waals surface area contributed by atoms with E-state index in [1.807, 2.05) is 0 Å². The van der Waals surface area contributed by atoms with E-state index in [0.29, 0.717) is 18.9 Å². The topological polar surface area (TPSA) is 110 Å². The van der Waals surface area contributed by atoms with Gasteiger partial charge in [0, 0.05) is 18.7 Å². The van der Waals surface area contributed by atoms with Crippen LogP contribution in [0.15, 0.2) is 23.1 Å². The number of hydrogen-bond donors (Lipinski definition) is 2. The zero-order chi connectivity index (χ0) is 14.9. The lowest BCUT2D eigenvalue weighted by atomic mass is 9.83. The molecule has 1 saturated carbocycles. The number of nitrogens with zero attached hydrogens (tertiary/aromatic N) is 1. The predicted molar refractivity (Wildman–Crippen MR) is 67.0 cm³/mol. The molecule has 0 spiro atoms. The summed E-state index contributed by atoms with van der Waals surface area (Å²) >= 11 is 0. The summed E-state index contributed by atoms with van der Waals surface area (Å²) in [5, 5.41) is 19.5. The van der Waals surface area contributed by atoms with Crippen LogP contribution in [-0.4, -0.2) is 31.1 Å². The summed E-state index contributed by atoms with van der Waals surface area (Å²) in [5.74, 6) is -1.14. The van der Waals surface area contributed by atoms with E-state index in [4.69, 9.17) is 5.11 Å². The molecular weight excluding hydrogens is 291 g/mol. The van der Waals surface area contributed by atoms with Crippen LogP contribution in [0.4, 0.5) is 10.1 Å². The van der Waals surface area contributed by atoms with Gasteiger partial charge >= 0.3 is 5.69 Å². The van der Waals surface area contributed by atoms with Crippen molar-refractivity contribution in [1.29, 1.82) is 0 Å². The lowest BCUT2D eigenvalue weighted by Crippen LogP contribution is -2.38. The molecule has 1 aliphatic rings. The monoisotopic (exact) mass is 304 g/mol. The Balaban J connectivity index is 2.09. The predicted octanol–water partition coefficient (Wildman–Crippen LogP) is 0.783. The minimum absolute atomic E-state index is 0.0580. The molecule has 0 radical (unpaired) electrons. The third kappa shape index (κ3) is 3.11. The normalized spacial score (nSPS) is 22.3. The quantitative estimate of drug-likeness (QED) is 0.617. The van der Waals surface area contributed by atoms with Crippen molar-refractivity contribution in [2.45, 2.75) is 23.8 Å². The van der Waals surface area contributed by atoms with E-state index in [1.165, 1.54) is 0 Å². The van der Waals surface area contributed by atoms with Crippen LogP contribution in [0, 0.1) is 21.8 Å². The highest BCUT2D eigenvalue weighted by Gasteiger charge is 2.29. The van der Waals surface area contributed by atoms with E-state index in [0.717, 1.165) is 12.1 Å². The average Bonchev–Trinajstić information content (AvgIpc) is 2.32. The third-order valence-corrected chi connectivity index (χ3v) is 4.62. The Bertz CT molecular complexity index is 628. The molecule has 1 aliphatic carbocycles. The number of nitro groups is 1. The number of rotatable bonds is 5. The first-order valence-corrected chi connectivity index (χ1v) is 7.39. The fourth-order valence-corrected chi connectivity index (χ4v) is 3.11. The average molecular weight is 304 g/mol. The van der Waals surface area contributed by atoms with Gasteiger partial charge in [0.05, 0.1) is 15.9 Å². The Morgan fingerprint density at radius 1 is 1.45 bits per heavy atom. The molecule has 2 N–H and O–H groups in total. The fraction of sp³-hybridized carbons (Fsp3) is 0.455. The zero-order valence-corrected chi connectivity index (χ0v) is 11.1. The second kappa shape index (κ2) is 5.43. The molecule has 9 heteroatoms. The van der Waals surface area contributed by atoms with E-state index < -0.39 is 26.5 Å². The van der Waals surface area contributed by atoms with Crippen molar-refractivity contribution in [3.63, 3.8) is 0 Å². The van der Waals surface area contributed by atoms with Crippen LogP contribution >= 0.6 is 0 Å². The van der Waals surface area contributed by atoms with Crippen LogP contribution in [0.2, 0.25) is 0 Å². The minimum atomic E-state index is -3.91. The molecule has 7 nitrogen and oxygen atoms in total. The molecule has 0 heterocycles. The first-order chi connectivity index (χ1) is 9.29. The van der Waals surface area contributed by atoms with Crippen molar-refractivity contribution < 1.29 is 22.8 Å². The van der Waals surface area contributed by atoms with E-state index in [-0.39, 0.29) is 23.5 Å². The highest BCUT2D eigenvalue weighted by Crippen LogP contribution is 2.27. The minimum Gasteiger partial charge on any atom is -0.393 e. The van der Waals surface area contributed by atoms with Crippen LogP contribution in [0.1, 0.15) is 12.8 Å². The van der Waals surface area contributed by atoms with Crippen molar-refractivity contribution in [3.05, 3.63) is 34.1 Å². The van der Waals surface area contributed by atoms with Gasteiger partial charge in [-0.3, -0.25) is 10.1 Å². The first kappa shape index (κ1) is 14.8. The molecule has 1 aromatic carbocycles. The Labute approximate surface area is 114 Å². The molecule has 2 rings (SSSR count). The van der Waals surface area contributed by atoms with Crippen molar-refractivity contribution in [3.8, 4) is 0 Å². The molecule has 0 atom stereocenters. The second-order valence-electron chi connectivity index (χ2n) is 4.71. The largest absolute Gasteiger partial charge is 0.393 e. The summed E-state index contributed by atoms with van der Waals surface area (Å²) in [5.41, 5.74) is -0.772. The molecule has 0 bridgehead atoms. The van der Waals surface area contributed by atoms with Crippen LogP contribution in [0.3, 0.4) is 0 Å². The number of hydrogen-bond acceptors (Lipinski definition) is 5. The molecule has 1 aromatic rings. The van der Waals surface area contributed by atoms with E-state index in [9.17, 15) is 22.9 Å². The summed E-state index contributed by atoms with van der Waals surface area (Å²) in [6, 6.07) is 2.42. The number of aliphatic hydroxyl groups excluding tert-OH is 1. The summed E-state index contributed by atoms with van der Waals surface area (Å²) in [7, 11) is -3.91. The number of aliphatic hydroxyl groups is 1. The third-order valence-electron chi connectivity index (χ3n) is 3.20. The first-order valence-electron chi connectivity index (χ1n) is 5.91. The maximum atomic E-state index is 13.4. The number of benzene rings is 1. The zero-order valence-electron chi connectivity index (χ0n) is 10.3. The summed E-state index contributed by atoms with van der Waals surface area (Å²) in [4.78, 5) is 9.17. The summed E-state index contributed by atoms with van der Waals surface area (Å²) in [6.07, 6.45) is 0.662. The summed E-state index contributed by atoms with van der Waals surface area (Å²) < 4.78 is 39.5. The Kier molecular flexibility index (Phi) is 4.02. The van der Waals surface area contributed by atoms with Crippen molar-refractivity contribution in [1.82, 2.24) is 4.72 Å². The fourth-order valence-electron chi connectivity index (χ4n) is 1.98. The highest BCUT2D eigenvalue weighted by molar-refractivity contribution is 7.89. The smallest absolute Gasteiger partial charge is 0.304 e. The summed E-state index contributed by atoms with van der Waals surface area (Å²) in [6.45, 7) is 0.151. The SMILES string of the molecule is O=[N+]([O-])c1ccc(S(=O)(=O)NCC2CC(O)C2)cc1F. The lowest BCUT2D eigenvalue weighted by Gasteiger charge is -2.31. The molecule has 1 fully saturated rings.